The molecule has 0 bridgehead atoms. The molecular formula is C92H104N6S3. The number of fused-ring (bicyclic) bond motifs is 21. The van der Waals surface area contributed by atoms with E-state index in [2.05, 4.69) is 310 Å². The number of aryl methyl sites for hydroxylation is 11. The van der Waals surface area contributed by atoms with Gasteiger partial charge in [0.05, 0.1) is 32.3 Å². The molecule has 0 atom stereocenters. The summed E-state index contributed by atoms with van der Waals surface area (Å²) in [5.74, 6) is 0. The summed E-state index contributed by atoms with van der Waals surface area (Å²) in [5.41, 5.74) is 24.4. The molecule has 0 saturated carbocycles. The molecule has 0 spiro atoms. The summed E-state index contributed by atoms with van der Waals surface area (Å²) in [4.78, 5) is 0. The minimum Gasteiger partial charge on any atom is -0.345 e. The Labute approximate surface area is 610 Å². The Morgan fingerprint density at radius 2 is 0.663 bits per heavy atom. The van der Waals surface area contributed by atoms with Crippen LogP contribution in [0.5, 0.6) is 0 Å². The Morgan fingerprint density at radius 1 is 0.287 bits per heavy atom. The van der Waals surface area contributed by atoms with Gasteiger partial charge in [-0.25, -0.2) is 0 Å². The lowest BCUT2D eigenvalue weighted by Gasteiger charge is -2.08. The first-order chi connectivity index (χ1) is 49.1. The van der Waals surface area contributed by atoms with Gasteiger partial charge in [-0.2, -0.15) is 0 Å². The monoisotopic (exact) mass is 1390 g/mol. The van der Waals surface area contributed by atoms with Crippen LogP contribution in [0.2, 0.25) is 0 Å². The smallest absolute Gasteiger partial charge is 0.0675 e. The topological polar surface area (TPSA) is 29.6 Å². The summed E-state index contributed by atoms with van der Waals surface area (Å²) in [7, 11) is 0. The van der Waals surface area contributed by atoms with Crippen molar-refractivity contribution in [3.05, 3.63) is 189 Å². The molecule has 0 amide bonds. The SMILES string of the molecule is C/C=C\c1c(C)c2cc3c(cc2n1CC)sc1c3c2ccccc2c2c(C)c(/C=C\C)n(CC)c12.C/C=C\c1c(C)c2cc3c(cc2n1CC)sc1c3ccc2c1c(C)c(/C=C\C)n2CC.C/C=C\c1c(C)n(CC)c2ccc3sc4cc5c(cc4c3c12)c(C)c(/C=C\C)n5CC.CC.CC. The summed E-state index contributed by atoms with van der Waals surface area (Å²) < 4.78 is 23.1. The average Bonchev–Trinajstić information content (AvgIpc) is 1.56. The van der Waals surface area contributed by atoms with Crippen LogP contribution < -0.4 is 0 Å². The van der Waals surface area contributed by atoms with Crippen LogP contribution in [0.4, 0.5) is 0 Å². The van der Waals surface area contributed by atoms with Crippen molar-refractivity contribution >= 4 is 207 Å². The lowest BCUT2D eigenvalue weighted by atomic mass is 9.98. The summed E-state index contributed by atoms with van der Waals surface area (Å²) in [6.07, 6.45) is 26.5. The van der Waals surface area contributed by atoms with E-state index in [9.17, 15) is 0 Å². The van der Waals surface area contributed by atoms with Crippen LogP contribution in [-0.4, -0.2) is 27.4 Å². The summed E-state index contributed by atoms with van der Waals surface area (Å²) in [5, 5.41) is 19.4. The van der Waals surface area contributed by atoms with E-state index >= 15 is 0 Å². The van der Waals surface area contributed by atoms with Crippen LogP contribution in [0.1, 0.15) is 178 Å². The zero-order valence-corrected chi connectivity index (χ0v) is 66.6. The molecule has 9 heteroatoms. The second-order valence-electron chi connectivity index (χ2n) is 26.1. The molecule has 16 aromatic rings. The van der Waals surface area contributed by atoms with Gasteiger partial charge in [0.1, 0.15) is 0 Å². The molecule has 9 aromatic heterocycles. The molecular weight excluding hydrogens is 1290 g/mol. The van der Waals surface area contributed by atoms with E-state index in [1.807, 2.05) is 61.7 Å². The number of nitrogens with zero attached hydrogens (tertiary/aromatic N) is 6. The van der Waals surface area contributed by atoms with Gasteiger partial charge in [-0.1, -0.05) is 101 Å². The first-order valence-electron chi connectivity index (χ1n) is 37.4. The van der Waals surface area contributed by atoms with Gasteiger partial charge in [-0.05, 0) is 248 Å². The summed E-state index contributed by atoms with van der Waals surface area (Å²) in [6.45, 7) is 53.6. The van der Waals surface area contributed by atoms with Crippen molar-refractivity contribution in [3.8, 4) is 0 Å². The molecule has 7 aromatic carbocycles. The van der Waals surface area contributed by atoms with Crippen molar-refractivity contribution in [2.75, 3.05) is 0 Å². The molecule has 101 heavy (non-hydrogen) atoms. The number of benzene rings is 7. The van der Waals surface area contributed by atoms with Crippen LogP contribution in [0.25, 0.3) is 173 Å². The highest BCUT2D eigenvalue weighted by atomic mass is 32.1. The highest BCUT2D eigenvalue weighted by Crippen LogP contribution is 2.50. The molecule has 0 N–H and O–H groups in total. The molecule has 0 saturated heterocycles. The van der Waals surface area contributed by atoms with Crippen molar-refractivity contribution in [2.45, 2.75) is 192 Å². The molecule has 0 aliphatic rings. The fourth-order valence-corrected chi connectivity index (χ4v) is 20.7. The van der Waals surface area contributed by atoms with E-state index in [0.29, 0.717) is 0 Å². The van der Waals surface area contributed by atoms with Gasteiger partial charge in [0.25, 0.3) is 0 Å². The zero-order valence-electron chi connectivity index (χ0n) is 64.2. The van der Waals surface area contributed by atoms with Gasteiger partial charge in [0.15, 0.2) is 0 Å². The Kier molecular flexibility index (Phi) is 21.1. The van der Waals surface area contributed by atoms with E-state index in [0.717, 1.165) is 39.3 Å². The second-order valence-corrected chi connectivity index (χ2v) is 29.2. The number of thiophene rings is 3. The summed E-state index contributed by atoms with van der Waals surface area (Å²) >= 11 is 5.84. The molecule has 0 fully saturated rings. The maximum Gasteiger partial charge on any atom is 0.0675 e. The summed E-state index contributed by atoms with van der Waals surface area (Å²) in [6, 6.07) is 33.0. The van der Waals surface area contributed by atoms with Crippen molar-refractivity contribution < 1.29 is 0 Å². The van der Waals surface area contributed by atoms with E-state index in [1.165, 1.54) is 204 Å². The van der Waals surface area contributed by atoms with Gasteiger partial charge in [-0.3, -0.25) is 0 Å². The predicted molar refractivity (Wildman–Crippen MR) is 462 cm³/mol. The van der Waals surface area contributed by atoms with Crippen molar-refractivity contribution in [1.82, 2.24) is 27.4 Å². The van der Waals surface area contributed by atoms with Crippen LogP contribution in [0, 0.1) is 41.5 Å². The van der Waals surface area contributed by atoms with E-state index in [1.54, 1.807) is 0 Å². The van der Waals surface area contributed by atoms with Gasteiger partial charge in [-0.15, -0.1) is 34.0 Å². The van der Waals surface area contributed by atoms with Crippen LogP contribution in [0.15, 0.2) is 121 Å². The lowest BCUT2D eigenvalue weighted by molar-refractivity contribution is 0.769. The standard InChI is InChI=1S/C32H32N2S.2C28H30N2S.2C2H6/c1-7-13-25-19(5)23-17-24-28(18-27(23)33(25)9-3)35-32-30(24)22-16-12-11-15-21(22)29-20(6)26(14-8-2)34(10-4)31(29)32;1-7-11-22-17(5)20-15-21-19-13-14-24-27(18(6)23(12-8-2)29(24)9-3)28(19)31-26(21)16-25(20)30(22)10-4;1-7-11-19-18(6)29(9-3)23-13-14-25-28(27(19)23)21-15-20-17(5)22(12-8-2)30(10-4)24(20)16-26(21)31-25;2*1-2/h7-8,11-18H,9-10H2,1-6H3;2*7-8,11-16H,9-10H2,1-6H3;2*1-2H3/b13-7-,14-8-;2*11-7-,12-8-;;. The van der Waals surface area contributed by atoms with Gasteiger partial charge in [0, 0.05) is 173 Å². The number of aromatic nitrogens is 6. The van der Waals surface area contributed by atoms with Crippen molar-refractivity contribution in [3.63, 3.8) is 0 Å². The minimum atomic E-state index is 0.959. The van der Waals surface area contributed by atoms with Crippen molar-refractivity contribution in [1.29, 1.82) is 0 Å². The van der Waals surface area contributed by atoms with Crippen LogP contribution in [0.3, 0.4) is 0 Å². The number of rotatable bonds is 12. The predicted octanol–water partition coefficient (Wildman–Crippen LogP) is 29.3. The van der Waals surface area contributed by atoms with Crippen LogP contribution >= 0.6 is 34.0 Å². The zero-order chi connectivity index (χ0) is 72.2. The largest absolute Gasteiger partial charge is 0.345 e. The molecule has 0 unspecified atom stereocenters. The molecule has 16 rings (SSSR count). The number of hydrogen-bond donors (Lipinski definition) is 0. The quantitative estimate of drug-likeness (QED) is 0.117. The molecule has 0 aliphatic carbocycles. The highest BCUT2D eigenvalue weighted by molar-refractivity contribution is 7.27. The number of allylic oxidation sites excluding steroid dienone is 6. The van der Waals surface area contributed by atoms with Crippen LogP contribution in [-0.2, 0) is 39.3 Å². The third-order valence-corrected chi connectivity index (χ3v) is 24.6. The fraction of sp³-hybridized carbons (Fsp3) is 0.304. The van der Waals surface area contributed by atoms with E-state index in [4.69, 9.17) is 0 Å². The van der Waals surface area contributed by atoms with Crippen molar-refractivity contribution in [2.24, 2.45) is 0 Å². The Hall–Kier alpha value is -8.86. The third kappa shape index (κ3) is 11.2. The molecule has 520 valence electrons. The maximum absolute atomic E-state index is 2.52. The first-order valence-corrected chi connectivity index (χ1v) is 39.8. The van der Waals surface area contributed by atoms with Gasteiger partial charge in [0.2, 0.25) is 0 Å². The Balaban J connectivity index is 0.000000140. The number of hydrogen-bond acceptors (Lipinski definition) is 3. The molecule has 6 nitrogen and oxygen atoms in total. The second kappa shape index (κ2) is 29.6. The Bertz CT molecular complexity index is 6090. The minimum absolute atomic E-state index is 0.959. The van der Waals surface area contributed by atoms with E-state index in [-0.39, 0.29) is 0 Å². The molecule has 9 heterocycles. The molecule has 0 radical (unpaired) electrons. The lowest BCUT2D eigenvalue weighted by Crippen LogP contribution is -1.96. The van der Waals surface area contributed by atoms with Gasteiger partial charge < -0.3 is 27.4 Å². The Morgan fingerprint density at radius 3 is 1.14 bits per heavy atom. The normalized spacial score (nSPS) is 12.5. The average molecular weight is 1390 g/mol. The third-order valence-electron chi connectivity index (χ3n) is 21.2. The molecule has 0 aliphatic heterocycles. The van der Waals surface area contributed by atoms with Gasteiger partial charge >= 0.3 is 0 Å². The van der Waals surface area contributed by atoms with E-state index < -0.39 is 0 Å². The first kappa shape index (κ1) is 71.9. The highest BCUT2D eigenvalue weighted by Gasteiger charge is 2.26. The fourth-order valence-electron chi connectivity index (χ4n) is 16.9. The maximum atomic E-state index is 2.52.